The quantitative estimate of drug-likeness (QED) is 0.741. The van der Waals surface area contributed by atoms with Crippen molar-refractivity contribution < 1.29 is 9.53 Å². The second-order valence-electron chi connectivity index (χ2n) is 3.69. The maximum atomic E-state index is 11.7. The van der Waals surface area contributed by atoms with Crippen LogP contribution in [0.4, 0.5) is 0 Å². The van der Waals surface area contributed by atoms with Crippen molar-refractivity contribution in [3.8, 4) is 0 Å². The maximum absolute atomic E-state index is 11.7. The van der Waals surface area contributed by atoms with Crippen LogP contribution in [0.15, 0.2) is 0 Å². The Morgan fingerprint density at radius 1 is 1.50 bits per heavy atom. The fourth-order valence-corrected chi connectivity index (χ4v) is 1.83. The molecule has 1 aromatic heterocycles. The third-order valence-corrected chi connectivity index (χ3v) is 2.51. The van der Waals surface area contributed by atoms with E-state index < -0.39 is 0 Å². The molecule has 0 bridgehead atoms. The number of carbonyl (C=O) groups is 1. The molecule has 1 aliphatic rings. The second-order valence-corrected chi connectivity index (χ2v) is 3.69. The summed E-state index contributed by atoms with van der Waals surface area (Å²) in [5, 5.41) is 3.21. The molecular weight excluding hydrogens is 206 g/mol. The average molecular weight is 221 g/mol. The third-order valence-electron chi connectivity index (χ3n) is 2.51. The van der Waals surface area contributed by atoms with Crippen LogP contribution in [0.5, 0.6) is 0 Å². The van der Waals surface area contributed by atoms with Gasteiger partial charge in [0.25, 0.3) is 0 Å². The number of esters is 1. The van der Waals surface area contributed by atoms with Gasteiger partial charge in [-0.2, -0.15) is 0 Å². The average Bonchev–Trinajstić information content (AvgIpc) is 2.28. The Balaban J connectivity index is 2.43. The molecular formula is C11H15N3O2. The molecule has 0 radical (unpaired) electrons. The largest absolute Gasteiger partial charge is 0.461 e. The number of hydrogen-bond acceptors (Lipinski definition) is 5. The first-order valence-electron chi connectivity index (χ1n) is 5.46. The molecule has 2 heterocycles. The summed E-state index contributed by atoms with van der Waals surface area (Å²) in [5.41, 5.74) is 2.26. The zero-order valence-electron chi connectivity index (χ0n) is 9.54. The van der Waals surface area contributed by atoms with E-state index in [1.54, 1.807) is 13.8 Å². The van der Waals surface area contributed by atoms with Crippen LogP contribution < -0.4 is 5.32 Å². The van der Waals surface area contributed by atoms with Crippen LogP contribution in [0.1, 0.15) is 34.5 Å². The number of fused-ring (bicyclic) bond motifs is 1. The Morgan fingerprint density at radius 2 is 2.31 bits per heavy atom. The molecule has 86 valence electrons. The van der Waals surface area contributed by atoms with Crippen LogP contribution in [-0.4, -0.2) is 29.1 Å². The summed E-state index contributed by atoms with van der Waals surface area (Å²) in [6.07, 6.45) is 0.838. The lowest BCUT2D eigenvalue weighted by Crippen LogP contribution is -2.28. The molecule has 0 atom stereocenters. The second kappa shape index (κ2) is 4.57. The summed E-state index contributed by atoms with van der Waals surface area (Å²) in [4.78, 5) is 20.3. The molecule has 1 N–H and O–H groups in total. The van der Waals surface area contributed by atoms with Crippen molar-refractivity contribution >= 4 is 5.97 Å². The lowest BCUT2D eigenvalue weighted by Gasteiger charge is -2.18. The van der Waals surface area contributed by atoms with Crippen molar-refractivity contribution in [3.63, 3.8) is 0 Å². The van der Waals surface area contributed by atoms with E-state index in [9.17, 15) is 4.79 Å². The van der Waals surface area contributed by atoms with Crippen molar-refractivity contribution in [2.24, 2.45) is 0 Å². The number of rotatable bonds is 2. The lowest BCUT2D eigenvalue weighted by molar-refractivity contribution is 0.0516. The maximum Gasteiger partial charge on any atom is 0.357 e. The molecule has 5 nitrogen and oxygen atoms in total. The molecule has 16 heavy (non-hydrogen) atoms. The predicted molar refractivity (Wildman–Crippen MR) is 58.1 cm³/mol. The molecule has 0 aromatic carbocycles. The number of aromatic nitrogens is 2. The Hall–Kier alpha value is -1.49. The van der Waals surface area contributed by atoms with E-state index in [2.05, 4.69) is 15.3 Å². The van der Waals surface area contributed by atoms with E-state index in [1.165, 1.54) is 0 Å². The van der Waals surface area contributed by atoms with Gasteiger partial charge in [-0.15, -0.1) is 0 Å². The van der Waals surface area contributed by atoms with Gasteiger partial charge in [0.05, 0.1) is 12.3 Å². The highest BCUT2D eigenvalue weighted by atomic mass is 16.5. The highest BCUT2D eigenvalue weighted by molar-refractivity contribution is 5.89. The molecule has 0 unspecified atom stereocenters. The van der Waals surface area contributed by atoms with Gasteiger partial charge < -0.3 is 10.1 Å². The van der Waals surface area contributed by atoms with E-state index in [1.807, 2.05) is 0 Å². The van der Waals surface area contributed by atoms with Crippen molar-refractivity contribution in [1.29, 1.82) is 0 Å². The fourth-order valence-electron chi connectivity index (χ4n) is 1.83. The van der Waals surface area contributed by atoms with E-state index >= 15 is 0 Å². The summed E-state index contributed by atoms with van der Waals surface area (Å²) >= 11 is 0. The van der Waals surface area contributed by atoms with Crippen LogP contribution in [0.3, 0.4) is 0 Å². The molecule has 0 saturated carbocycles. The monoisotopic (exact) mass is 221 g/mol. The molecule has 1 aromatic rings. The van der Waals surface area contributed by atoms with Gasteiger partial charge in [0, 0.05) is 25.1 Å². The molecule has 0 fully saturated rings. The first-order valence-corrected chi connectivity index (χ1v) is 5.46. The van der Waals surface area contributed by atoms with Crippen molar-refractivity contribution in [1.82, 2.24) is 15.3 Å². The summed E-state index contributed by atoms with van der Waals surface area (Å²) in [6.45, 7) is 5.49. The molecule has 5 heteroatoms. The van der Waals surface area contributed by atoms with Gasteiger partial charge in [-0.25, -0.2) is 14.8 Å². The number of aryl methyl sites for hydroxylation is 1. The standard InChI is InChI=1S/C11H15N3O2/c1-3-16-11(15)10-8-6-12-5-4-9(8)13-7(2)14-10/h12H,3-6H2,1-2H3. The number of nitrogens with one attached hydrogen (secondary N) is 1. The SMILES string of the molecule is CCOC(=O)c1nc(C)nc2c1CNCC2. The van der Waals surface area contributed by atoms with Gasteiger partial charge >= 0.3 is 5.97 Å². The Morgan fingerprint density at radius 3 is 3.06 bits per heavy atom. The Bertz CT molecular complexity index is 418. The highest BCUT2D eigenvalue weighted by Crippen LogP contribution is 2.16. The van der Waals surface area contributed by atoms with E-state index in [4.69, 9.17) is 4.74 Å². The molecule has 0 spiro atoms. The van der Waals surface area contributed by atoms with Crippen LogP contribution in [0, 0.1) is 6.92 Å². The minimum absolute atomic E-state index is 0.354. The number of nitrogens with zero attached hydrogens (tertiary/aromatic N) is 2. The summed E-state index contributed by atoms with van der Waals surface area (Å²) < 4.78 is 4.99. The van der Waals surface area contributed by atoms with Crippen LogP contribution in [0.25, 0.3) is 0 Å². The lowest BCUT2D eigenvalue weighted by atomic mass is 10.1. The first-order chi connectivity index (χ1) is 7.72. The van der Waals surface area contributed by atoms with Gasteiger partial charge in [0.1, 0.15) is 5.82 Å². The van der Waals surface area contributed by atoms with Gasteiger partial charge in [0.2, 0.25) is 0 Å². The fraction of sp³-hybridized carbons (Fsp3) is 0.545. The Labute approximate surface area is 94.2 Å². The summed E-state index contributed by atoms with van der Waals surface area (Å²) in [5.74, 6) is 0.275. The van der Waals surface area contributed by atoms with Gasteiger partial charge in [-0.1, -0.05) is 0 Å². The molecule has 0 aliphatic carbocycles. The zero-order valence-corrected chi connectivity index (χ0v) is 9.54. The molecule has 0 saturated heterocycles. The normalized spacial score (nSPS) is 14.4. The molecule has 0 amide bonds. The van der Waals surface area contributed by atoms with E-state index in [0.717, 1.165) is 24.2 Å². The van der Waals surface area contributed by atoms with Crippen LogP contribution in [-0.2, 0) is 17.7 Å². The smallest absolute Gasteiger partial charge is 0.357 e. The van der Waals surface area contributed by atoms with Crippen molar-refractivity contribution in [3.05, 3.63) is 22.8 Å². The van der Waals surface area contributed by atoms with Crippen molar-refractivity contribution in [2.45, 2.75) is 26.8 Å². The summed E-state index contributed by atoms with van der Waals surface area (Å²) in [7, 11) is 0. The van der Waals surface area contributed by atoms with Crippen LogP contribution in [0.2, 0.25) is 0 Å². The highest BCUT2D eigenvalue weighted by Gasteiger charge is 2.21. The zero-order chi connectivity index (χ0) is 11.5. The van der Waals surface area contributed by atoms with Gasteiger partial charge in [-0.05, 0) is 13.8 Å². The number of carbonyl (C=O) groups excluding carboxylic acids is 1. The third kappa shape index (κ3) is 2.04. The van der Waals surface area contributed by atoms with Crippen LogP contribution >= 0.6 is 0 Å². The van der Waals surface area contributed by atoms with Gasteiger partial charge in [0.15, 0.2) is 5.69 Å². The van der Waals surface area contributed by atoms with Crippen molar-refractivity contribution in [2.75, 3.05) is 13.2 Å². The predicted octanol–water partition coefficient (Wildman–Crippen LogP) is 0.607. The molecule has 2 rings (SSSR count). The molecule has 1 aliphatic heterocycles. The van der Waals surface area contributed by atoms with Gasteiger partial charge in [-0.3, -0.25) is 0 Å². The topological polar surface area (TPSA) is 64.1 Å². The summed E-state index contributed by atoms with van der Waals surface area (Å²) in [6, 6.07) is 0. The number of hydrogen-bond donors (Lipinski definition) is 1. The minimum Gasteiger partial charge on any atom is -0.461 e. The minimum atomic E-state index is -0.354. The number of ether oxygens (including phenoxy) is 1. The Kier molecular flexibility index (Phi) is 3.14. The van der Waals surface area contributed by atoms with E-state index in [-0.39, 0.29) is 5.97 Å². The van der Waals surface area contributed by atoms with E-state index in [0.29, 0.717) is 24.7 Å². The first kappa shape index (κ1) is 11.0.